The fraction of sp³-hybridized carbons (Fsp3) is 0.0769. The molecule has 1 aromatic carbocycles. The quantitative estimate of drug-likeness (QED) is 0.754. The molecule has 3 rings (SSSR count). The van der Waals surface area contributed by atoms with Gasteiger partial charge >= 0.3 is 0 Å². The maximum absolute atomic E-state index is 13.9. The van der Waals surface area contributed by atoms with Crippen molar-refractivity contribution in [1.82, 2.24) is 15.2 Å². The Bertz CT molecular complexity index is 732. The van der Waals surface area contributed by atoms with Crippen molar-refractivity contribution in [3.05, 3.63) is 41.3 Å². The maximum Gasteiger partial charge on any atom is 0.153 e. The Morgan fingerprint density at radius 2 is 2.11 bits per heavy atom. The van der Waals surface area contributed by atoms with E-state index in [1.54, 1.807) is 24.4 Å². The van der Waals surface area contributed by atoms with E-state index in [2.05, 4.69) is 15.2 Å². The van der Waals surface area contributed by atoms with Crippen LogP contribution in [0.15, 0.2) is 30.5 Å². The summed E-state index contributed by atoms with van der Waals surface area (Å²) in [4.78, 5) is 5.08. The lowest BCUT2D eigenvalue weighted by molar-refractivity contribution is 0.631. The number of anilines is 1. The van der Waals surface area contributed by atoms with Crippen LogP contribution in [0.2, 0.25) is 0 Å². The number of aromatic nitrogens is 3. The summed E-state index contributed by atoms with van der Waals surface area (Å²) in [5, 5.41) is 7.78. The molecule has 0 spiro atoms. The molecule has 2 heterocycles. The summed E-state index contributed by atoms with van der Waals surface area (Å²) in [5.41, 5.74) is 7.59. The molecule has 0 amide bonds. The van der Waals surface area contributed by atoms with Crippen molar-refractivity contribution in [2.75, 3.05) is 5.73 Å². The van der Waals surface area contributed by atoms with Gasteiger partial charge in [-0.1, -0.05) is 18.2 Å². The number of halogens is 1. The molecular formula is C13H11FN4S. The standard InChI is InChI=1S/C13H11FN4S/c1-7-16-6-10(19-7)12-11(13(15)18-17-12)8-4-2-3-5-9(8)14/h2-6H,1H3,(H3,15,17,18). The molecule has 0 bridgehead atoms. The van der Waals surface area contributed by atoms with Crippen LogP contribution in [0.25, 0.3) is 21.7 Å². The number of benzene rings is 1. The zero-order chi connectivity index (χ0) is 13.4. The van der Waals surface area contributed by atoms with Crippen molar-refractivity contribution in [1.29, 1.82) is 0 Å². The zero-order valence-electron chi connectivity index (χ0n) is 10.1. The number of nitrogens with zero attached hydrogens (tertiary/aromatic N) is 2. The average molecular weight is 274 g/mol. The minimum absolute atomic E-state index is 0.283. The molecule has 0 aliphatic carbocycles. The number of rotatable bonds is 2. The van der Waals surface area contributed by atoms with E-state index in [-0.39, 0.29) is 11.6 Å². The van der Waals surface area contributed by atoms with E-state index in [0.29, 0.717) is 16.8 Å². The third-order valence-corrected chi connectivity index (χ3v) is 3.74. The van der Waals surface area contributed by atoms with Gasteiger partial charge in [-0.25, -0.2) is 9.37 Å². The number of hydrogen-bond donors (Lipinski definition) is 2. The van der Waals surface area contributed by atoms with Gasteiger partial charge in [-0.3, -0.25) is 5.10 Å². The largest absolute Gasteiger partial charge is 0.382 e. The van der Waals surface area contributed by atoms with Crippen LogP contribution in [0.3, 0.4) is 0 Å². The first-order valence-corrected chi connectivity index (χ1v) is 6.50. The number of aryl methyl sites for hydroxylation is 1. The molecule has 96 valence electrons. The van der Waals surface area contributed by atoms with Gasteiger partial charge < -0.3 is 5.73 Å². The molecule has 0 aliphatic heterocycles. The van der Waals surface area contributed by atoms with Crippen molar-refractivity contribution >= 4 is 17.2 Å². The van der Waals surface area contributed by atoms with Crippen LogP contribution in [0.4, 0.5) is 10.2 Å². The molecular weight excluding hydrogens is 263 g/mol. The van der Waals surface area contributed by atoms with E-state index >= 15 is 0 Å². The first kappa shape index (κ1) is 11.9. The average Bonchev–Trinajstić information content (AvgIpc) is 2.96. The van der Waals surface area contributed by atoms with Gasteiger partial charge in [0, 0.05) is 11.8 Å². The number of nitrogen functional groups attached to an aromatic ring is 1. The summed E-state index contributed by atoms with van der Waals surface area (Å²) in [5.74, 6) is -0.0377. The Hall–Kier alpha value is -2.21. The molecule has 0 aliphatic rings. The molecule has 0 saturated heterocycles. The van der Waals surface area contributed by atoms with E-state index in [4.69, 9.17) is 5.73 Å². The van der Waals surface area contributed by atoms with E-state index in [1.165, 1.54) is 17.4 Å². The Morgan fingerprint density at radius 3 is 2.79 bits per heavy atom. The fourth-order valence-corrected chi connectivity index (χ4v) is 2.73. The molecule has 19 heavy (non-hydrogen) atoms. The summed E-state index contributed by atoms with van der Waals surface area (Å²) in [6, 6.07) is 6.51. The molecule has 3 aromatic rings. The van der Waals surface area contributed by atoms with Gasteiger partial charge in [-0.2, -0.15) is 5.10 Å². The third kappa shape index (κ3) is 2.00. The number of nitrogens with two attached hydrogens (primary N) is 1. The van der Waals surface area contributed by atoms with Gasteiger partial charge in [0.1, 0.15) is 5.82 Å². The monoisotopic (exact) mass is 274 g/mol. The molecule has 0 radical (unpaired) electrons. The summed E-state index contributed by atoms with van der Waals surface area (Å²) in [7, 11) is 0. The lowest BCUT2D eigenvalue weighted by Gasteiger charge is -2.03. The Labute approximate surface area is 113 Å². The molecule has 3 N–H and O–H groups in total. The Morgan fingerprint density at radius 1 is 1.32 bits per heavy atom. The summed E-state index contributed by atoms with van der Waals surface area (Å²) >= 11 is 1.51. The van der Waals surface area contributed by atoms with Gasteiger partial charge in [0.2, 0.25) is 0 Å². The minimum Gasteiger partial charge on any atom is -0.382 e. The van der Waals surface area contributed by atoms with Crippen LogP contribution in [0.1, 0.15) is 5.01 Å². The van der Waals surface area contributed by atoms with Crippen molar-refractivity contribution in [3.63, 3.8) is 0 Å². The first-order valence-electron chi connectivity index (χ1n) is 5.68. The topological polar surface area (TPSA) is 67.6 Å². The molecule has 4 nitrogen and oxygen atoms in total. The minimum atomic E-state index is -0.321. The van der Waals surface area contributed by atoms with Crippen molar-refractivity contribution < 1.29 is 4.39 Å². The second-order valence-corrected chi connectivity index (χ2v) is 5.32. The molecule has 2 aromatic heterocycles. The van der Waals surface area contributed by atoms with Gasteiger partial charge in [-0.15, -0.1) is 11.3 Å². The highest BCUT2D eigenvalue weighted by Gasteiger charge is 2.18. The normalized spacial score (nSPS) is 10.8. The van der Waals surface area contributed by atoms with Crippen molar-refractivity contribution in [2.24, 2.45) is 0 Å². The summed E-state index contributed by atoms with van der Waals surface area (Å²) < 4.78 is 13.9. The molecule has 0 atom stereocenters. The lowest BCUT2D eigenvalue weighted by Crippen LogP contribution is -1.90. The predicted molar refractivity (Wildman–Crippen MR) is 74.2 cm³/mol. The van der Waals surface area contributed by atoms with Crippen LogP contribution in [0, 0.1) is 12.7 Å². The predicted octanol–water partition coefficient (Wildman–Crippen LogP) is 3.23. The van der Waals surface area contributed by atoms with Gasteiger partial charge in [0.25, 0.3) is 0 Å². The molecule has 6 heteroatoms. The Kier molecular flexibility index (Phi) is 2.79. The smallest absolute Gasteiger partial charge is 0.153 e. The first-order chi connectivity index (χ1) is 9.16. The van der Waals surface area contributed by atoms with E-state index in [0.717, 1.165) is 9.88 Å². The fourth-order valence-electron chi connectivity index (χ4n) is 1.95. The maximum atomic E-state index is 13.9. The number of hydrogen-bond acceptors (Lipinski definition) is 4. The number of H-pyrrole nitrogens is 1. The third-order valence-electron chi connectivity index (χ3n) is 2.81. The molecule has 0 unspecified atom stereocenters. The highest BCUT2D eigenvalue weighted by molar-refractivity contribution is 7.15. The van der Waals surface area contributed by atoms with Crippen molar-refractivity contribution in [3.8, 4) is 21.7 Å². The van der Waals surface area contributed by atoms with E-state index < -0.39 is 0 Å². The summed E-state index contributed by atoms with van der Waals surface area (Å²) in [6.45, 7) is 1.91. The van der Waals surface area contributed by atoms with Crippen LogP contribution < -0.4 is 5.73 Å². The van der Waals surface area contributed by atoms with E-state index in [1.807, 2.05) is 6.92 Å². The molecule has 0 fully saturated rings. The van der Waals surface area contributed by atoms with Crippen LogP contribution in [-0.2, 0) is 0 Å². The van der Waals surface area contributed by atoms with Crippen molar-refractivity contribution in [2.45, 2.75) is 6.92 Å². The van der Waals surface area contributed by atoms with Gasteiger partial charge in [0.15, 0.2) is 5.82 Å². The summed E-state index contributed by atoms with van der Waals surface area (Å²) in [6.07, 6.45) is 1.73. The number of nitrogens with one attached hydrogen (secondary N) is 1. The Balaban J connectivity index is 2.22. The van der Waals surface area contributed by atoms with Crippen LogP contribution in [-0.4, -0.2) is 15.2 Å². The second-order valence-electron chi connectivity index (χ2n) is 4.08. The van der Waals surface area contributed by atoms with Crippen LogP contribution >= 0.6 is 11.3 Å². The van der Waals surface area contributed by atoms with Gasteiger partial charge in [0.05, 0.1) is 21.1 Å². The highest BCUT2D eigenvalue weighted by atomic mass is 32.1. The SMILES string of the molecule is Cc1ncc(-c2[nH]nc(N)c2-c2ccccc2F)s1. The second kappa shape index (κ2) is 4.47. The zero-order valence-corrected chi connectivity index (χ0v) is 11.0. The number of thiazole rings is 1. The lowest BCUT2D eigenvalue weighted by atomic mass is 10.0. The van der Waals surface area contributed by atoms with Crippen LogP contribution in [0.5, 0.6) is 0 Å². The van der Waals surface area contributed by atoms with Gasteiger partial charge in [-0.05, 0) is 13.0 Å². The molecule has 0 saturated carbocycles. The highest BCUT2D eigenvalue weighted by Crippen LogP contribution is 2.37. The number of aromatic amines is 1. The van der Waals surface area contributed by atoms with E-state index in [9.17, 15) is 4.39 Å².